The molecular weight excluding hydrogens is 612 g/mol. The van der Waals surface area contributed by atoms with Crippen molar-refractivity contribution in [3.63, 3.8) is 0 Å². The molecule has 0 aromatic heterocycles. The molecule has 45 heavy (non-hydrogen) atoms. The molecule has 0 atom stereocenters. The zero-order chi connectivity index (χ0) is 32.1. The smallest absolute Gasteiger partial charge is 0.338 e. The van der Waals surface area contributed by atoms with Crippen LogP contribution in [-0.2, 0) is 56.9 Å². The number of benzene rings is 2. The van der Waals surface area contributed by atoms with Crippen LogP contribution in [0.5, 0.6) is 0 Å². The Morgan fingerprint density at radius 1 is 0.422 bits per heavy atom. The summed E-state index contributed by atoms with van der Waals surface area (Å²) >= 11 is 0. The molecule has 0 heterocycles. The van der Waals surface area contributed by atoms with Crippen LogP contribution >= 0.6 is 0 Å². The largest absolute Gasteiger partial charge is 0.460 e. The van der Waals surface area contributed by atoms with Crippen LogP contribution in [0.25, 0.3) is 0 Å². The van der Waals surface area contributed by atoms with Gasteiger partial charge < -0.3 is 42.6 Å². The van der Waals surface area contributed by atoms with Crippen molar-refractivity contribution in [2.24, 2.45) is 0 Å². The number of esters is 1. The maximum absolute atomic E-state index is 12.0. The fourth-order valence-corrected chi connectivity index (χ4v) is 4.26. The van der Waals surface area contributed by atoms with Crippen LogP contribution in [0, 0.1) is 0 Å². The van der Waals surface area contributed by atoms with E-state index in [1.165, 1.54) is 12.1 Å². The SMILES string of the molecule is O=C(OCCOCCOCCOCCOCCOCCOCCOCCOCCOS(=O)(=O)c1ccccc1)c1ccccc1. The molecule has 0 saturated heterocycles. The average Bonchev–Trinajstić information content (AvgIpc) is 3.06. The third-order valence-corrected chi connectivity index (χ3v) is 6.90. The Hall–Kier alpha value is -2.50. The molecule has 0 radical (unpaired) electrons. The first kappa shape index (κ1) is 38.7. The van der Waals surface area contributed by atoms with E-state index in [-0.39, 0.29) is 30.7 Å². The lowest BCUT2D eigenvalue weighted by Gasteiger charge is -2.09. The number of hydrogen-bond donors (Lipinski definition) is 0. The van der Waals surface area contributed by atoms with E-state index in [0.29, 0.717) is 105 Å². The summed E-state index contributed by atoms with van der Waals surface area (Å²) in [5, 5.41) is 0. The number of hydrogen-bond acceptors (Lipinski definition) is 13. The Balaban J connectivity index is 1.19. The number of carbonyl (C=O) groups excluding carboxylic acids is 1. The number of carbonyl (C=O) groups is 1. The number of rotatable bonds is 30. The van der Waals surface area contributed by atoms with Crippen LogP contribution < -0.4 is 0 Å². The second-order valence-electron chi connectivity index (χ2n) is 8.99. The van der Waals surface area contributed by atoms with Gasteiger partial charge in [0.15, 0.2) is 0 Å². The Morgan fingerprint density at radius 2 is 0.733 bits per heavy atom. The maximum Gasteiger partial charge on any atom is 0.338 e. The predicted octanol–water partition coefficient (Wildman–Crippen LogP) is 2.38. The molecule has 2 aromatic carbocycles. The fourth-order valence-electron chi connectivity index (χ4n) is 3.35. The first-order valence-electron chi connectivity index (χ1n) is 14.9. The van der Waals surface area contributed by atoms with Gasteiger partial charge in [-0.3, -0.25) is 4.18 Å². The lowest BCUT2D eigenvalue weighted by Crippen LogP contribution is -2.16. The summed E-state index contributed by atoms with van der Waals surface area (Å²) in [4.78, 5) is 11.9. The molecule has 254 valence electrons. The van der Waals surface area contributed by atoms with Crippen LogP contribution in [0.2, 0.25) is 0 Å². The molecule has 0 spiro atoms. The van der Waals surface area contributed by atoms with Gasteiger partial charge in [0.1, 0.15) is 6.61 Å². The second kappa shape index (κ2) is 26.7. The van der Waals surface area contributed by atoms with Gasteiger partial charge in [-0.2, -0.15) is 8.42 Å². The molecular formula is C31H46O13S. The average molecular weight is 659 g/mol. The van der Waals surface area contributed by atoms with E-state index >= 15 is 0 Å². The van der Waals surface area contributed by atoms with Crippen molar-refractivity contribution in [1.82, 2.24) is 0 Å². The molecule has 0 bridgehead atoms. The van der Waals surface area contributed by atoms with Gasteiger partial charge in [0, 0.05) is 0 Å². The molecule has 0 unspecified atom stereocenters. The Labute approximate surface area is 266 Å². The highest BCUT2D eigenvalue weighted by Gasteiger charge is 2.13. The van der Waals surface area contributed by atoms with Gasteiger partial charge in [-0.05, 0) is 24.3 Å². The predicted molar refractivity (Wildman–Crippen MR) is 163 cm³/mol. The quantitative estimate of drug-likeness (QED) is 0.0689. The lowest BCUT2D eigenvalue weighted by molar-refractivity contribution is -0.0247. The summed E-state index contributed by atoms with van der Waals surface area (Å²) in [6.07, 6.45) is 0. The minimum atomic E-state index is -3.76. The zero-order valence-corrected chi connectivity index (χ0v) is 26.5. The van der Waals surface area contributed by atoms with Gasteiger partial charge >= 0.3 is 5.97 Å². The van der Waals surface area contributed by atoms with Crippen molar-refractivity contribution in [2.45, 2.75) is 4.90 Å². The van der Waals surface area contributed by atoms with Crippen LogP contribution in [0.15, 0.2) is 65.6 Å². The van der Waals surface area contributed by atoms with Gasteiger partial charge in [0.25, 0.3) is 10.1 Å². The molecule has 0 aliphatic carbocycles. The Kier molecular flexibility index (Phi) is 22.9. The van der Waals surface area contributed by atoms with Crippen LogP contribution in [0.1, 0.15) is 10.4 Å². The van der Waals surface area contributed by atoms with E-state index in [2.05, 4.69) is 0 Å². The topological polar surface area (TPSA) is 144 Å². The zero-order valence-electron chi connectivity index (χ0n) is 25.7. The van der Waals surface area contributed by atoms with E-state index in [1.807, 2.05) is 6.07 Å². The van der Waals surface area contributed by atoms with Crippen LogP contribution in [0.4, 0.5) is 0 Å². The minimum absolute atomic E-state index is 0.0628. The third kappa shape index (κ3) is 21.0. The van der Waals surface area contributed by atoms with Crippen molar-refractivity contribution < 1.29 is 60.0 Å². The maximum atomic E-state index is 12.0. The van der Waals surface area contributed by atoms with Crippen molar-refractivity contribution in [3.05, 3.63) is 66.2 Å². The van der Waals surface area contributed by atoms with Gasteiger partial charge in [-0.15, -0.1) is 0 Å². The minimum Gasteiger partial charge on any atom is -0.460 e. The Bertz CT molecular complexity index is 1070. The summed E-state index contributed by atoms with van der Waals surface area (Å²) < 4.78 is 77.2. The van der Waals surface area contributed by atoms with Crippen molar-refractivity contribution in [3.8, 4) is 0 Å². The molecule has 0 aliphatic rings. The van der Waals surface area contributed by atoms with Gasteiger partial charge in [0.05, 0.1) is 123 Å². The van der Waals surface area contributed by atoms with E-state index in [1.54, 1.807) is 42.5 Å². The first-order chi connectivity index (χ1) is 22.1. The van der Waals surface area contributed by atoms with E-state index in [9.17, 15) is 13.2 Å². The molecule has 2 rings (SSSR count). The van der Waals surface area contributed by atoms with E-state index < -0.39 is 10.1 Å². The summed E-state index contributed by atoms with van der Waals surface area (Å²) in [5.74, 6) is -0.365. The molecule has 0 fully saturated rings. The second-order valence-corrected chi connectivity index (χ2v) is 10.6. The van der Waals surface area contributed by atoms with Crippen LogP contribution in [-0.4, -0.2) is 133 Å². The van der Waals surface area contributed by atoms with Gasteiger partial charge in [-0.1, -0.05) is 36.4 Å². The molecule has 0 saturated carbocycles. The van der Waals surface area contributed by atoms with Crippen molar-refractivity contribution in [1.29, 1.82) is 0 Å². The third-order valence-electron chi connectivity index (χ3n) is 5.57. The lowest BCUT2D eigenvalue weighted by atomic mass is 10.2. The summed E-state index contributed by atoms with van der Waals surface area (Å²) in [7, 11) is -3.76. The highest BCUT2D eigenvalue weighted by Crippen LogP contribution is 2.10. The standard InChI is InChI=1S/C31H46O13S/c32-31(29-7-3-1-4-8-29)43-27-25-41-23-21-39-19-17-37-15-13-35-11-12-36-14-16-38-18-20-40-22-24-42-26-28-44-45(33,34)30-9-5-2-6-10-30/h1-10H,11-28H2. The summed E-state index contributed by atoms with van der Waals surface area (Å²) in [6, 6.07) is 16.8. The first-order valence-corrected chi connectivity index (χ1v) is 16.3. The van der Waals surface area contributed by atoms with E-state index in [0.717, 1.165) is 0 Å². The number of ether oxygens (including phenoxy) is 9. The highest BCUT2D eigenvalue weighted by molar-refractivity contribution is 7.86. The monoisotopic (exact) mass is 658 g/mol. The van der Waals surface area contributed by atoms with E-state index in [4.69, 9.17) is 46.8 Å². The summed E-state index contributed by atoms with van der Waals surface area (Å²) in [5.41, 5.74) is 0.517. The molecule has 0 amide bonds. The Morgan fingerprint density at radius 3 is 1.11 bits per heavy atom. The van der Waals surface area contributed by atoms with Gasteiger partial charge in [-0.25, -0.2) is 4.79 Å². The normalized spacial score (nSPS) is 11.6. The van der Waals surface area contributed by atoms with Gasteiger partial charge in [0.2, 0.25) is 0 Å². The highest BCUT2D eigenvalue weighted by atomic mass is 32.2. The molecule has 14 heteroatoms. The molecule has 0 aliphatic heterocycles. The van der Waals surface area contributed by atoms with Crippen molar-refractivity contribution >= 4 is 16.1 Å². The molecule has 2 aromatic rings. The fraction of sp³-hybridized carbons (Fsp3) is 0.581. The molecule has 0 N–H and O–H groups in total. The van der Waals surface area contributed by atoms with Crippen LogP contribution in [0.3, 0.4) is 0 Å². The van der Waals surface area contributed by atoms with Crippen molar-refractivity contribution in [2.75, 3.05) is 119 Å². The summed E-state index contributed by atoms with van der Waals surface area (Å²) in [6.45, 7) is 6.62. The molecule has 13 nitrogen and oxygen atoms in total.